The number of anilines is 1. The lowest BCUT2D eigenvalue weighted by atomic mass is 10.1. The number of carbonyl (C=O) groups is 1. The Balaban J connectivity index is 2.28. The lowest BCUT2D eigenvalue weighted by molar-refractivity contribution is 0.102. The van der Waals surface area contributed by atoms with Gasteiger partial charge < -0.3 is 5.32 Å². The number of hydrogen-bond acceptors (Lipinski definition) is 1. The fourth-order valence-corrected chi connectivity index (χ4v) is 2.26. The van der Waals surface area contributed by atoms with Gasteiger partial charge in [0.05, 0.1) is 10.0 Å². The van der Waals surface area contributed by atoms with Gasteiger partial charge in [-0.25, -0.2) is 4.39 Å². The van der Waals surface area contributed by atoms with Crippen LogP contribution in [-0.2, 0) is 6.42 Å². The first-order valence-corrected chi connectivity index (χ1v) is 6.76. The van der Waals surface area contributed by atoms with Crippen LogP contribution >= 0.6 is 15.9 Å². The van der Waals surface area contributed by atoms with Gasteiger partial charge in [0.15, 0.2) is 0 Å². The van der Waals surface area contributed by atoms with Gasteiger partial charge in [0.1, 0.15) is 5.82 Å². The molecule has 19 heavy (non-hydrogen) atoms. The Morgan fingerprint density at radius 3 is 2.68 bits per heavy atom. The number of benzene rings is 2. The van der Waals surface area contributed by atoms with E-state index < -0.39 is 5.82 Å². The maximum absolute atomic E-state index is 13.4. The highest BCUT2D eigenvalue weighted by molar-refractivity contribution is 9.10. The zero-order chi connectivity index (χ0) is 13.8. The van der Waals surface area contributed by atoms with Crippen LogP contribution in [0.1, 0.15) is 22.8 Å². The fourth-order valence-electron chi connectivity index (χ4n) is 1.82. The number of nitrogens with one attached hydrogen (secondary N) is 1. The Bertz CT molecular complexity index is 613. The highest BCUT2D eigenvalue weighted by Crippen LogP contribution is 2.22. The number of amides is 1. The Kier molecular flexibility index (Phi) is 4.32. The molecule has 2 nitrogen and oxygen atoms in total. The molecule has 0 aliphatic rings. The van der Waals surface area contributed by atoms with E-state index in [1.807, 2.05) is 31.2 Å². The van der Waals surface area contributed by atoms with E-state index in [2.05, 4.69) is 21.2 Å². The van der Waals surface area contributed by atoms with Crippen LogP contribution in [0, 0.1) is 5.82 Å². The minimum absolute atomic E-state index is 0.182. The summed E-state index contributed by atoms with van der Waals surface area (Å²) in [6.45, 7) is 2.02. The van der Waals surface area contributed by atoms with E-state index >= 15 is 0 Å². The summed E-state index contributed by atoms with van der Waals surface area (Å²) in [5.41, 5.74) is 2.08. The molecule has 0 heterocycles. The van der Waals surface area contributed by atoms with Crippen molar-refractivity contribution >= 4 is 27.5 Å². The van der Waals surface area contributed by atoms with Gasteiger partial charge in [-0.1, -0.05) is 31.2 Å². The predicted molar refractivity (Wildman–Crippen MR) is 77.9 cm³/mol. The molecular formula is C15H13BrFNO. The maximum atomic E-state index is 13.4. The molecule has 2 aromatic carbocycles. The highest BCUT2D eigenvalue weighted by Gasteiger charge is 2.14. The first-order valence-electron chi connectivity index (χ1n) is 5.96. The molecule has 0 saturated carbocycles. The van der Waals surface area contributed by atoms with Crippen LogP contribution in [-0.4, -0.2) is 5.91 Å². The van der Waals surface area contributed by atoms with Crippen LogP contribution in [0.15, 0.2) is 46.9 Å². The minimum Gasteiger partial charge on any atom is -0.322 e. The zero-order valence-corrected chi connectivity index (χ0v) is 12.0. The summed E-state index contributed by atoms with van der Waals surface area (Å²) < 4.78 is 13.6. The highest BCUT2D eigenvalue weighted by atomic mass is 79.9. The van der Waals surface area contributed by atoms with E-state index in [1.165, 1.54) is 12.1 Å². The quantitative estimate of drug-likeness (QED) is 0.891. The lowest BCUT2D eigenvalue weighted by Gasteiger charge is -2.10. The Morgan fingerprint density at radius 1 is 1.21 bits per heavy atom. The number of para-hydroxylation sites is 1. The Morgan fingerprint density at radius 2 is 1.95 bits per heavy atom. The maximum Gasteiger partial charge on any atom is 0.256 e. The Hall–Kier alpha value is -1.68. The van der Waals surface area contributed by atoms with E-state index in [0.29, 0.717) is 0 Å². The molecular weight excluding hydrogens is 309 g/mol. The molecule has 0 spiro atoms. The normalized spacial score (nSPS) is 10.3. The third kappa shape index (κ3) is 3.01. The number of aryl methyl sites for hydroxylation is 1. The largest absolute Gasteiger partial charge is 0.322 e. The van der Waals surface area contributed by atoms with Crippen molar-refractivity contribution in [1.29, 1.82) is 0 Å². The average Bonchev–Trinajstić information content (AvgIpc) is 2.42. The predicted octanol–water partition coefficient (Wildman–Crippen LogP) is 4.40. The van der Waals surface area contributed by atoms with Gasteiger partial charge in [0, 0.05) is 5.69 Å². The molecule has 4 heteroatoms. The van der Waals surface area contributed by atoms with Crippen molar-refractivity contribution in [3.63, 3.8) is 0 Å². The van der Waals surface area contributed by atoms with Crippen molar-refractivity contribution in [3.8, 4) is 0 Å². The first-order chi connectivity index (χ1) is 9.13. The minimum atomic E-state index is -0.448. The summed E-state index contributed by atoms with van der Waals surface area (Å²) in [5.74, 6) is -0.774. The molecule has 1 amide bonds. The van der Waals surface area contributed by atoms with E-state index in [4.69, 9.17) is 0 Å². The molecule has 0 fully saturated rings. The van der Waals surface area contributed by atoms with Crippen molar-refractivity contribution in [2.24, 2.45) is 0 Å². The van der Waals surface area contributed by atoms with E-state index in [9.17, 15) is 9.18 Å². The van der Waals surface area contributed by atoms with Gasteiger partial charge in [-0.15, -0.1) is 0 Å². The molecule has 0 bridgehead atoms. The van der Waals surface area contributed by atoms with Crippen LogP contribution < -0.4 is 5.32 Å². The number of carbonyl (C=O) groups excluding carboxylic acids is 1. The second-order valence-electron chi connectivity index (χ2n) is 4.07. The van der Waals surface area contributed by atoms with Gasteiger partial charge >= 0.3 is 0 Å². The number of rotatable bonds is 3. The zero-order valence-electron chi connectivity index (χ0n) is 10.4. The molecule has 2 rings (SSSR count). The molecule has 1 N–H and O–H groups in total. The van der Waals surface area contributed by atoms with Crippen LogP contribution in [0.2, 0.25) is 0 Å². The van der Waals surface area contributed by atoms with Gasteiger partial charge in [0.25, 0.3) is 5.91 Å². The topological polar surface area (TPSA) is 29.1 Å². The molecule has 0 aromatic heterocycles. The van der Waals surface area contributed by atoms with E-state index in [0.717, 1.165) is 17.7 Å². The SMILES string of the molecule is CCc1ccccc1NC(=O)c1cccc(F)c1Br. The molecule has 0 aliphatic heterocycles. The standard InChI is InChI=1S/C15H13BrFNO/c1-2-10-6-3-4-9-13(10)18-15(19)11-7-5-8-12(17)14(11)16/h3-9H,2H2,1H3,(H,18,19). The smallest absolute Gasteiger partial charge is 0.256 e. The molecule has 0 aliphatic carbocycles. The van der Waals surface area contributed by atoms with Gasteiger partial charge in [-0.2, -0.15) is 0 Å². The van der Waals surface area contributed by atoms with Crippen LogP contribution in [0.4, 0.5) is 10.1 Å². The van der Waals surface area contributed by atoms with Crippen molar-refractivity contribution in [2.75, 3.05) is 5.32 Å². The summed E-state index contributed by atoms with van der Waals surface area (Å²) in [5, 5.41) is 2.81. The van der Waals surface area contributed by atoms with Crippen molar-refractivity contribution in [3.05, 3.63) is 63.9 Å². The van der Waals surface area contributed by atoms with Gasteiger partial charge in [-0.3, -0.25) is 4.79 Å². The van der Waals surface area contributed by atoms with Crippen molar-refractivity contribution in [2.45, 2.75) is 13.3 Å². The number of hydrogen-bond donors (Lipinski definition) is 1. The first kappa shape index (κ1) is 13.7. The summed E-state index contributed by atoms with van der Waals surface area (Å²) in [6.07, 6.45) is 0.820. The molecule has 0 unspecified atom stereocenters. The fraction of sp³-hybridized carbons (Fsp3) is 0.133. The van der Waals surface area contributed by atoms with E-state index in [1.54, 1.807) is 6.07 Å². The summed E-state index contributed by atoms with van der Waals surface area (Å²) >= 11 is 3.09. The summed E-state index contributed by atoms with van der Waals surface area (Å²) in [7, 11) is 0. The molecule has 2 aromatic rings. The van der Waals surface area contributed by atoms with Gasteiger partial charge in [-0.05, 0) is 46.1 Å². The second-order valence-corrected chi connectivity index (χ2v) is 4.86. The monoisotopic (exact) mass is 321 g/mol. The van der Waals surface area contributed by atoms with Crippen molar-refractivity contribution < 1.29 is 9.18 Å². The number of halogens is 2. The van der Waals surface area contributed by atoms with Crippen LogP contribution in [0.5, 0.6) is 0 Å². The lowest BCUT2D eigenvalue weighted by Crippen LogP contribution is -2.14. The molecule has 0 radical (unpaired) electrons. The van der Waals surface area contributed by atoms with Gasteiger partial charge in [0.2, 0.25) is 0 Å². The van der Waals surface area contributed by atoms with Crippen molar-refractivity contribution in [1.82, 2.24) is 0 Å². The summed E-state index contributed by atoms with van der Waals surface area (Å²) in [4.78, 5) is 12.1. The summed E-state index contributed by atoms with van der Waals surface area (Å²) in [6, 6.07) is 12.0. The van der Waals surface area contributed by atoms with Crippen LogP contribution in [0.3, 0.4) is 0 Å². The van der Waals surface area contributed by atoms with E-state index in [-0.39, 0.29) is 15.9 Å². The second kappa shape index (κ2) is 5.97. The average molecular weight is 322 g/mol. The molecule has 0 saturated heterocycles. The molecule has 0 atom stereocenters. The molecule has 98 valence electrons. The Labute approximate surface area is 119 Å². The third-order valence-electron chi connectivity index (χ3n) is 2.84. The van der Waals surface area contributed by atoms with Crippen LogP contribution in [0.25, 0.3) is 0 Å². The third-order valence-corrected chi connectivity index (χ3v) is 3.65.